The third-order valence-corrected chi connectivity index (χ3v) is 5.45. The third-order valence-electron chi connectivity index (χ3n) is 4.29. The van der Waals surface area contributed by atoms with Crippen LogP contribution in [-0.4, -0.2) is 17.5 Å². The number of hydrogen-bond donors (Lipinski definition) is 1. The van der Waals surface area contributed by atoms with E-state index in [1.807, 2.05) is 0 Å². The van der Waals surface area contributed by atoms with Crippen LogP contribution in [0.25, 0.3) is 0 Å². The van der Waals surface area contributed by atoms with Crippen LogP contribution in [0.4, 0.5) is 0 Å². The zero-order valence-corrected chi connectivity index (χ0v) is 12.1. The summed E-state index contributed by atoms with van der Waals surface area (Å²) in [6.45, 7) is 2.31. The Morgan fingerprint density at radius 1 is 1.22 bits per heavy atom. The third kappa shape index (κ3) is 2.75. The average molecular weight is 261 g/mol. The van der Waals surface area contributed by atoms with Gasteiger partial charge in [0.05, 0.1) is 0 Å². The van der Waals surface area contributed by atoms with Crippen molar-refractivity contribution < 1.29 is 0 Å². The van der Waals surface area contributed by atoms with Gasteiger partial charge in [0.15, 0.2) is 0 Å². The van der Waals surface area contributed by atoms with E-state index in [1.54, 1.807) is 11.1 Å². The van der Waals surface area contributed by atoms with E-state index in [4.69, 9.17) is 0 Å². The van der Waals surface area contributed by atoms with Crippen molar-refractivity contribution >= 4 is 11.8 Å². The Hall–Kier alpha value is -0.470. The molecule has 1 fully saturated rings. The van der Waals surface area contributed by atoms with Gasteiger partial charge in [-0.3, -0.25) is 0 Å². The summed E-state index contributed by atoms with van der Waals surface area (Å²) in [5, 5.41) is 3.78. The lowest BCUT2D eigenvalue weighted by Gasteiger charge is -2.22. The van der Waals surface area contributed by atoms with Crippen LogP contribution in [0.5, 0.6) is 0 Å². The summed E-state index contributed by atoms with van der Waals surface area (Å²) in [5.74, 6) is 2.61. The monoisotopic (exact) mass is 261 g/mol. The van der Waals surface area contributed by atoms with Crippen LogP contribution in [0, 0.1) is 0 Å². The maximum Gasteiger partial charge on any atom is 0.0294 e. The van der Waals surface area contributed by atoms with Crippen molar-refractivity contribution in [2.24, 2.45) is 0 Å². The van der Waals surface area contributed by atoms with Gasteiger partial charge in [-0.2, -0.15) is 11.8 Å². The van der Waals surface area contributed by atoms with Gasteiger partial charge in [-0.25, -0.2) is 0 Å². The minimum atomic E-state index is 0.501. The maximum absolute atomic E-state index is 3.78. The maximum atomic E-state index is 3.78. The average Bonchev–Trinajstić information content (AvgIpc) is 2.91. The second kappa shape index (κ2) is 5.66. The van der Waals surface area contributed by atoms with E-state index >= 15 is 0 Å². The van der Waals surface area contributed by atoms with Gasteiger partial charge in [0, 0.05) is 17.8 Å². The minimum absolute atomic E-state index is 0.501. The molecular formula is C16H23NS. The topological polar surface area (TPSA) is 12.0 Å². The summed E-state index contributed by atoms with van der Waals surface area (Å²) in [7, 11) is 0. The molecule has 2 aliphatic rings. The molecule has 98 valence electrons. The quantitative estimate of drug-likeness (QED) is 0.890. The highest BCUT2D eigenvalue weighted by molar-refractivity contribution is 7.99. The van der Waals surface area contributed by atoms with E-state index in [1.165, 1.54) is 49.2 Å². The molecule has 1 aromatic rings. The second-order valence-electron chi connectivity index (χ2n) is 5.68. The van der Waals surface area contributed by atoms with Crippen molar-refractivity contribution in [3.8, 4) is 0 Å². The van der Waals surface area contributed by atoms with Crippen LogP contribution < -0.4 is 5.32 Å². The zero-order chi connectivity index (χ0) is 12.4. The predicted molar refractivity (Wildman–Crippen MR) is 80.4 cm³/mol. The highest BCUT2D eigenvalue weighted by Crippen LogP contribution is 2.26. The number of hydrogen-bond acceptors (Lipinski definition) is 2. The molecule has 3 rings (SSSR count). The van der Waals surface area contributed by atoms with Crippen molar-refractivity contribution in [1.29, 1.82) is 0 Å². The fourth-order valence-electron chi connectivity index (χ4n) is 3.14. The summed E-state index contributed by atoms with van der Waals surface area (Å²) in [6.07, 6.45) is 6.66. The molecule has 1 aromatic carbocycles. The predicted octanol–water partition coefficient (Wildman–Crippen LogP) is 3.72. The zero-order valence-electron chi connectivity index (χ0n) is 11.2. The number of benzene rings is 1. The molecule has 0 radical (unpaired) electrons. The Morgan fingerprint density at radius 3 is 2.83 bits per heavy atom. The Bertz CT molecular complexity index is 410. The summed E-state index contributed by atoms with van der Waals surface area (Å²) in [4.78, 5) is 0. The fourth-order valence-corrected chi connectivity index (χ4v) is 4.30. The van der Waals surface area contributed by atoms with Crippen LogP contribution in [0.2, 0.25) is 0 Å². The van der Waals surface area contributed by atoms with E-state index in [9.17, 15) is 0 Å². The number of aryl methyl sites for hydroxylation is 2. The first-order chi connectivity index (χ1) is 8.83. The van der Waals surface area contributed by atoms with Gasteiger partial charge in [-0.15, -0.1) is 0 Å². The molecule has 1 aliphatic carbocycles. The lowest BCUT2D eigenvalue weighted by Crippen LogP contribution is -2.31. The van der Waals surface area contributed by atoms with Gasteiger partial charge in [-0.05, 0) is 61.5 Å². The van der Waals surface area contributed by atoms with Crippen molar-refractivity contribution in [2.75, 3.05) is 11.5 Å². The summed E-state index contributed by atoms with van der Waals surface area (Å²) < 4.78 is 0. The standard InChI is InChI=1S/C16H23NS/c1-12(17-16-8-9-18-11-16)14-7-6-13-4-2-3-5-15(13)10-14/h6-7,10,12,16-17H,2-5,8-9,11H2,1H3. The van der Waals surface area contributed by atoms with Crippen LogP contribution in [0.3, 0.4) is 0 Å². The van der Waals surface area contributed by atoms with E-state index < -0.39 is 0 Å². The highest BCUT2D eigenvalue weighted by Gasteiger charge is 2.19. The van der Waals surface area contributed by atoms with Crippen molar-refractivity contribution in [3.63, 3.8) is 0 Å². The molecule has 1 heterocycles. The molecule has 0 bridgehead atoms. The molecule has 1 saturated heterocycles. The molecule has 1 nitrogen and oxygen atoms in total. The van der Waals surface area contributed by atoms with E-state index in [-0.39, 0.29) is 0 Å². The normalized spacial score (nSPS) is 24.8. The number of thioether (sulfide) groups is 1. The first-order valence-corrected chi connectivity index (χ1v) is 8.44. The number of rotatable bonds is 3. The van der Waals surface area contributed by atoms with Crippen LogP contribution >= 0.6 is 11.8 Å². The van der Waals surface area contributed by atoms with E-state index in [0.717, 1.165) is 6.04 Å². The SMILES string of the molecule is CC(NC1CCSC1)c1ccc2c(c1)CCCC2. The van der Waals surface area contributed by atoms with Gasteiger partial charge < -0.3 is 5.32 Å². The Labute approximate surface area is 115 Å². The van der Waals surface area contributed by atoms with Gasteiger partial charge in [0.2, 0.25) is 0 Å². The first kappa shape index (κ1) is 12.6. The van der Waals surface area contributed by atoms with Crippen LogP contribution in [-0.2, 0) is 12.8 Å². The van der Waals surface area contributed by atoms with Gasteiger partial charge in [-0.1, -0.05) is 18.2 Å². The molecule has 18 heavy (non-hydrogen) atoms. The molecule has 2 atom stereocenters. The lowest BCUT2D eigenvalue weighted by molar-refractivity contribution is 0.485. The van der Waals surface area contributed by atoms with Crippen molar-refractivity contribution in [3.05, 3.63) is 34.9 Å². The largest absolute Gasteiger partial charge is 0.307 e. The van der Waals surface area contributed by atoms with E-state index in [0.29, 0.717) is 6.04 Å². The summed E-state index contributed by atoms with van der Waals surface area (Å²) >= 11 is 2.08. The molecular weight excluding hydrogens is 238 g/mol. The fraction of sp³-hybridized carbons (Fsp3) is 0.625. The Balaban J connectivity index is 1.70. The van der Waals surface area contributed by atoms with Gasteiger partial charge >= 0.3 is 0 Å². The van der Waals surface area contributed by atoms with Crippen molar-refractivity contribution in [2.45, 2.75) is 51.1 Å². The molecule has 0 aromatic heterocycles. The molecule has 1 N–H and O–H groups in total. The second-order valence-corrected chi connectivity index (χ2v) is 6.83. The molecule has 0 spiro atoms. The first-order valence-electron chi connectivity index (χ1n) is 7.28. The lowest BCUT2D eigenvalue weighted by atomic mass is 9.89. The minimum Gasteiger partial charge on any atom is -0.307 e. The van der Waals surface area contributed by atoms with Crippen LogP contribution in [0.15, 0.2) is 18.2 Å². The number of nitrogens with one attached hydrogen (secondary N) is 1. The molecule has 2 unspecified atom stereocenters. The van der Waals surface area contributed by atoms with Crippen LogP contribution in [0.1, 0.15) is 48.9 Å². The van der Waals surface area contributed by atoms with E-state index in [2.05, 4.69) is 42.2 Å². The van der Waals surface area contributed by atoms with Gasteiger partial charge in [0.1, 0.15) is 0 Å². The smallest absolute Gasteiger partial charge is 0.0294 e. The Morgan fingerprint density at radius 2 is 2.06 bits per heavy atom. The molecule has 0 amide bonds. The number of fused-ring (bicyclic) bond motifs is 1. The molecule has 1 aliphatic heterocycles. The Kier molecular flexibility index (Phi) is 3.95. The summed E-state index contributed by atoms with van der Waals surface area (Å²) in [5.41, 5.74) is 4.68. The van der Waals surface area contributed by atoms with Gasteiger partial charge in [0.25, 0.3) is 0 Å². The highest BCUT2D eigenvalue weighted by atomic mass is 32.2. The van der Waals surface area contributed by atoms with Crippen molar-refractivity contribution in [1.82, 2.24) is 5.32 Å². The molecule has 2 heteroatoms. The molecule has 0 saturated carbocycles. The summed E-state index contributed by atoms with van der Waals surface area (Å²) in [6, 6.07) is 8.38.